The van der Waals surface area contributed by atoms with Gasteiger partial charge < -0.3 is 19.8 Å². The van der Waals surface area contributed by atoms with Gasteiger partial charge in [-0.05, 0) is 19.3 Å². The number of carbonyl (C=O) groups excluding carboxylic acids is 2. The maximum atomic E-state index is 9.66. The van der Waals surface area contributed by atoms with Crippen molar-refractivity contribution in [3.05, 3.63) is 0 Å². The summed E-state index contributed by atoms with van der Waals surface area (Å²) >= 11 is 0. The molecule has 0 amide bonds. The second-order valence-electron chi connectivity index (χ2n) is 1.60. The smallest absolute Gasteiger partial charge is 0.550 e. The molecule has 0 bridgehead atoms. The van der Waals surface area contributed by atoms with E-state index in [1.165, 1.54) is 0 Å². The van der Waals surface area contributed by atoms with E-state index < -0.39 is 11.9 Å². The molecule has 11 heavy (non-hydrogen) atoms. The van der Waals surface area contributed by atoms with E-state index in [0.29, 0.717) is 0 Å². The topological polar surface area (TPSA) is 80.3 Å². The van der Waals surface area contributed by atoms with Gasteiger partial charge in [0.15, 0.2) is 0 Å². The van der Waals surface area contributed by atoms with Crippen molar-refractivity contribution in [3.63, 3.8) is 0 Å². The molecule has 4 nitrogen and oxygen atoms in total. The quantitative estimate of drug-likeness (QED) is 0.473. The molecular weight excluding hydrogens is 390 g/mol. The van der Waals surface area contributed by atoms with Crippen molar-refractivity contribution >= 4 is 11.9 Å². The van der Waals surface area contributed by atoms with Crippen LogP contribution in [0.15, 0.2) is 0 Å². The van der Waals surface area contributed by atoms with Crippen molar-refractivity contribution in [2.75, 3.05) is 0 Å². The van der Waals surface area contributed by atoms with Crippen LogP contribution in [0.3, 0.4) is 0 Å². The predicted molar refractivity (Wildman–Crippen MR) is 23.9 cm³/mol. The van der Waals surface area contributed by atoms with Gasteiger partial charge in [-0.1, -0.05) is 0 Å². The van der Waals surface area contributed by atoms with Crippen molar-refractivity contribution in [1.29, 1.82) is 0 Å². The largest absolute Gasteiger partial charge is 1.00 e. The van der Waals surface area contributed by atoms with Crippen LogP contribution in [-0.2, 0) is 9.59 Å². The molecule has 0 radical (unpaired) electrons. The molecule has 0 unspecified atom stereocenters. The molecule has 52 valence electrons. The van der Waals surface area contributed by atoms with Gasteiger partial charge in [-0.25, -0.2) is 0 Å². The predicted octanol–water partition coefficient (Wildman–Crippen LogP) is -8.34. The molecule has 0 heterocycles. The average molecular weight is 396 g/mol. The Balaban J connectivity index is -0.000000320. The summed E-state index contributed by atoms with van der Waals surface area (Å²) in [6.07, 6.45) is -0.341. The number of aliphatic carboxylic acids is 2. The summed E-state index contributed by atoms with van der Waals surface area (Å²) < 4.78 is 0. The molecule has 0 N–H and O–H groups in total. The minimum atomic E-state index is -1.23. The van der Waals surface area contributed by atoms with Crippen LogP contribution in [-0.4, -0.2) is 11.9 Å². The van der Waals surface area contributed by atoms with Crippen LogP contribution in [0.1, 0.15) is 19.3 Å². The zero-order valence-electron chi connectivity index (χ0n) is 6.75. The molecule has 0 spiro atoms. The Kier molecular flexibility index (Phi) is 23.2. The maximum Gasteiger partial charge on any atom is 1.00 e. The Hall–Kier alpha value is 3.04. The van der Waals surface area contributed by atoms with Crippen LogP contribution < -0.4 is 148 Å². The number of hydrogen-bond donors (Lipinski definition) is 0. The van der Waals surface area contributed by atoms with E-state index in [2.05, 4.69) is 0 Å². The molecule has 0 saturated carbocycles. The van der Waals surface area contributed by atoms with Gasteiger partial charge in [0.05, 0.1) is 0 Å². The fraction of sp³-hybridized carbons (Fsp3) is 0.600. The summed E-state index contributed by atoms with van der Waals surface area (Å²) in [5, 5.41) is 19.3. The van der Waals surface area contributed by atoms with Gasteiger partial charge in [0.2, 0.25) is 0 Å². The first-order chi connectivity index (χ1) is 4.13. The van der Waals surface area contributed by atoms with Gasteiger partial charge in [0.25, 0.3) is 0 Å². The third-order valence-corrected chi connectivity index (χ3v) is 0.762. The Labute approximate surface area is 183 Å². The van der Waals surface area contributed by atoms with Gasteiger partial charge in [0, 0.05) is 11.9 Å². The van der Waals surface area contributed by atoms with E-state index in [1.54, 1.807) is 0 Å². The van der Waals surface area contributed by atoms with E-state index in [-0.39, 0.29) is 157 Å². The SMILES string of the molecule is O=C([O-])CCCC(=O)[O-].[Cs+].[Cs+]. The second kappa shape index (κ2) is 13.0. The van der Waals surface area contributed by atoms with E-state index in [9.17, 15) is 19.8 Å². The van der Waals surface area contributed by atoms with Gasteiger partial charge in [-0.15, -0.1) is 0 Å². The Morgan fingerprint density at radius 1 is 0.909 bits per heavy atom. The molecule has 6 heteroatoms. The molecule has 0 aromatic carbocycles. The minimum absolute atomic E-state index is 0. The summed E-state index contributed by atoms with van der Waals surface area (Å²) in [4.78, 5) is 19.3. The molecule has 0 aliphatic heterocycles. The zero-order chi connectivity index (χ0) is 7.28. The molecular formula is C5H6Cs2O4. The number of carboxylic acid groups (broad SMARTS) is 2. The van der Waals surface area contributed by atoms with Crippen LogP contribution in [0.5, 0.6) is 0 Å². The molecule has 0 rings (SSSR count). The first kappa shape index (κ1) is 19.6. The number of carbonyl (C=O) groups is 2. The molecule has 0 aromatic heterocycles. The molecule has 0 atom stereocenters. The third kappa shape index (κ3) is 19.5. The summed E-state index contributed by atoms with van der Waals surface area (Å²) in [7, 11) is 0. The van der Waals surface area contributed by atoms with Gasteiger partial charge in [-0.3, -0.25) is 0 Å². The second-order valence-corrected chi connectivity index (χ2v) is 1.60. The fourth-order valence-corrected chi connectivity index (χ4v) is 0.377. The average Bonchev–Trinajstić information content (AvgIpc) is 1.63. The first-order valence-corrected chi connectivity index (χ1v) is 2.52. The summed E-state index contributed by atoms with van der Waals surface area (Å²) in [5.41, 5.74) is 0. The maximum absolute atomic E-state index is 9.66. The Morgan fingerprint density at radius 3 is 1.36 bits per heavy atom. The van der Waals surface area contributed by atoms with E-state index >= 15 is 0 Å². The summed E-state index contributed by atoms with van der Waals surface area (Å²) in [5.74, 6) is -2.45. The molecule has 0 aromatic rings. The van der Waals surface area contributed by atoms with Crippen molar-refractivity contribution in [3.8, 4) is 0 Å². The van der Waals surface area contributed by atoms with Crippen LogP contribution in [0.2, 0.25) is 0 Å². The molecule has 0 fully saturated rings. The Bertz CT molecular complexity index is 112. The van der Waals surface area contributed by atoms with Gasteiger partial charge in [-0.2, -0.15) is 0 Å². The van der Waals surface area contributed by atoms with E-state index in [0.717, 1.165) is 0 Å². The fourth-order valence-electron chi connectivity index (χ4n) is 0.377. The number of hydrogen-bond acceptors (Lipinski definition) is 4. The standard InChI is InChI=1S/C5H8O4.2Cs/c6-4(7)2-1-3-5(8)9;;/h1-3H2,(H,6,7)(H,8,9);;/q;2*+1/p-2. The van der Waals surface area contributed by atoms with Crippen LogP contribution in [0.4, 0.5) is 0 Å². The first-order valence-electron chi connectivity index (χ1n) is 2.52. The van der Waals surface area contributed by atoms with Crippen LogP contribution >= 0.6 is 0 Å². The van der Waals surface area contributed by atoms with Crippen LogP contribution in [0, 0.1) is 0 Å². The van der Waals surface area contributed by atoms with E-state index in [1.807, 2.05) is 0 Å². The van der Waals surface area contributed by atoms with Crippen molar-refractivity contribution in [2.45, 2.75) is 19.3 Å². The van der Waals surface area contributed by atoms with Gasteiger partial charge >= 0.3 is 138 Å². The number of carboxylic acids is 2. The van der Waals surface area contributed by atoms with Crippen molar-refractivity contribution < 1.29 is 158 Å². The van der Waals surface area contributed by atoms with Crippen molar-refractivity contribution in [2.24, 2.45) is 0 Å². The zero-order valence-corrected chi connectivity index (χ0v) is 19.3. The summed E-state index contributed by atoms with van der Waals surface area (Å²) in [6.45, 7) is 0. The molecule has 0 aliphatic rings. The Morgan fingerprint density at radius 2 is 1.18 bits per heavy atom. The molecule has 0 saturated heterocycles. The third-order valence-electron chi connectivity index (χ3n) is 0.762. The van der Waals surface area contributed by atoms with Crippen LogP contribution in [0.25, 0.3) is 0 Å². The monoisotopic (exact) mass is 396 g/mol. The minimum Gasteiger partial charge on any atom is -0.550 e. The van der Waals surface area contributed by atoms with E-state index in [4.69, 9.17) is 0 Å². The normalized spacial score (nSPS) is 7.27. The van der Waals surface area contributed by atoms with Crippen molar-refractivity contribution in [1.82, 2.24) is 0 Å². The molecule has 0 aliphatic carbocycles. The summed E-state index contributed by atoms with van der Waals surface area (Å²) in [6, 6.07) is 0. The number of rotatable bonds is 4. The van der Waals surface area contributed by atoms with Gasteiger partial charge in [0.1, 0.15) is 0 Å².